The second-order valence-electron chi connectivity index (χ2n) is 8.35. The predicted molar refractivity (Wildman–Crippen MR) is 123 cm³/mol. The van der Waals surface area contributed by atoms with E-state index < -0.39 is 30.1 Å². The quantitative estimate of drug-likeness (QED) is 0.508. The molecule has 2 aromatic carbocycles. The standard InChI is InChI=1S/C25H30N2O6/c1-16(28)13-14-27(2)24(31)22(11-12-23(29)30)26-25(32)33-15-21-19-9-5-3-7-17(19)18-8-4-6-10-20(18)21/h3-10,16,21-22,28H,11-15H2,1-2H3,(H,26,32)(H,29,30). The van der Waals surface area contributed by atoms with E-state index in [0.717, 1.165) is 22.3 Å². The van der Waals surface area contributed by atoms with Gasteiger partial charge in [0.25, 0.3) is 0 Å². The molecule has 3 rings (SSSR count). The molecule has 0 aliphatic heterocycles. The van der Waals surface area contributed by atoms with Gasteiger partial charge in [0.1, 0.15) is 12.6 Å². The number of amides is 2. The molecule has 33 heavy (non-hydrogen) atoms. The summed E-state index contributed by atoms with van der Waals surface area (Å²) in [4.78, 5) is 37.8. The monoisotopic (exact) mass is 454 g/mol. The molecule has 0 bridgehead atoms. The number of hydrogen-bond donors (Lipinski definition) is 3. The Hall–Kier alpha value is -3.39. The molecule has 2 aromatic rings. The van der Waals surface area contributed by atoms with E-state index in [1.165, 1.54) is 4.90 Å². The van der Waals surface area contributed by atoms with Crippen LogP contribution in [0.4, 0.5) is 4.79 Å². The molecule has 0 spiro atoms. The van der Waals surface area contributed by atoms with Crippen LogP contribution in [0.3, 0.4) is 0 Å². The average molecular weight is 455 g/mol. The van der Waals surface area contributed by atoms with E-state index in [1.54, 1.807) is 14.0 Å². The zero-order chi connectivity index (χ0) is 24.0. The molecule has 1 aliphatic carbocycles. The first-order valence-electron chi connectivity index (χ1n) is 11.0. The predicted octanol–water partition coefficient (Wildman–Crippen LogP) is 2.99. The van der Waals surface area contributed by atoms with Crippen LogP contribution < -0.4 is 5.32 Å². The summed E-state index contributed by atoms with van der Waals surface area (Å²) in [6.45, 7) is 2.00. The van der Waals surface area contributed by atoms with Gasteiger partial charge in [-0.3, -0.25) is 9.59 Å². The van der Waals surface area contributed by atoms with Crippen LogP contribution in [0.2, 0.25) is 0 Å². The number of alkyl carbamates (subject to hydrolysis) is 1. The summed E-state index contributed by atoms with van der Waals surface area (Å²) in [5, 5.41) is 21.0. The molecule has 0 saturated carbocycles. The number of carbonyl (C=O) groups is 3. The summed E-state index contributed by atoms with van der Waals surface area (Å²) in [5.41, 5.74) is 4.36. The van der Waals surface area contributed by atoms with E-state index in [0.29, 0.717) is 6.42 Å². The Morgan fingerprint density at radius 1 is 1.03 bits per heavy atom. The lowest BCUT2D eigenvalue weighted by Crippen LogP contribution is -2.48. The molecule has 8 heteroatoms. The minimum absolute atomic E-state index is 0.0582. The molecule has 2 unspecified atom stereocenters. The van der Waals surface area contributed by atoms with Gasteiger partial charge in [0, 0.05) is 25.9 Å². The Bertz CT molecular complexity index is 960. The Balaban J connectivity index is 1.65. The number of rotatable bonds is 10. The fraction of sp³-hybridized carbons (Fsp3) is 0.400. The number of carboxylic acids is 1. The van der Waals surface area contributed by atoms with Crippen molar-refractivity contribution in [3.05, 3.63) is 59.7 Å². The van der Waals surface area contributed by atoms with Crippen LogP contribution in [-0.2, 0) is 14.3 Å². The number of nitrogens with zero attached hydrogens (tertiary/aromatic N) is 1. The third kappa shape index (κ3) is 6.10. The summed E-state index contributed by atoms with van der Waals surface area (Å²) < 4.78 is 5.50. The molecule has 2 atom stereocenters. The van der Waals surface area contributed by atoms with Crippen LogP contribution in [0.25, 0.3) is 11.1 Å². The first kappa shape index (κ1) is 24.3. The van der Waals surface area contributed by atoms with Crippen molar-refractivity contribution in [2.75, 3.05) is 20.2 Å². The van der Waals surface area contributed by atoms with Gasteiger partial charge in [0.05, 0.1) is 6.10 Å². The maximum absolute atomic E-state index is 12.8. The summed E-state index contributed by atoms with van der Waals surface area (Å²) in [6.07, 6.45) is -1.31. The molecular formula is C25H30N2O6. The number of aliphatic hydroxyl groups is 1. The van der Waals surface area contributed by atoms with Gasteiger partial charge in [0.15, 0.2) is 0 Å². The van der Waals surface area contributed by atoms with Crippen LogP contribution in [0.1, 0.15) is 43.2 Å². The van der Waals surface area contributed by atoms with E-state index in [2.05, 4.69) is 5.32 Å². The fourth-order valence-corrected chi connectivity index (χ4v) is 4.06. The normalized spacial score (nSPS) is 14.0. The number of likely N-dealkylation sites (N-methyl/N-ethyl adjacent to an activating group) is 1. The van der Waals surface area contributed by atoms with Crippen LogP contribution in [0.15, 0.2) is 48.5 Å². The van der Waals surface area contributed by atoms with Gasteiger partial charge < -0.3 is 25.2 Å². The Kier molecular flexibility index (Phi) is 8.06. The number of hydrogen-bond acceptors (Lipinski definition) is 5. The molecule has 3 N–H and O–H groups in total. The van der Waals surface area contributed by atoms with Crippen molar-refractivity contribution in [2.24, 2.45) is 0 Å². The van der Waals surface area contributed by atoms with Gasteiger partial charge in [-0.25, -0.2) is 4.79 Å². The van der Waals surface area contributed by atoms with Crippen molar-refractivity contribution in [3.63, 3.8) is 0 Å². The summed E-state index contributed by atoms with van der Waals surface area (Å²) in [7, 11) is 1.55. The van der Waals surface area contributed by atoms with Crippen molar-refractivity contribution in [2.45, 2.75) is 44.2 Å². The molecule has 176 valence electrons. The zero-order valence-electron chi connectivity index (χ0n) is 18.9. The van der Waals surface area contributed by atoms with E-state index >= 15 is 0 Å². The number of aliphatic hydroxyl groups excluding tert-OH is 1. The molecular weight excluding hydrogens is 424 g/mol. The molecule has 2 amide bonds. The minimum atomic E-state index is -1.06. The Labute approximate surface area is 193 Å². The maximum atomic E-state index is 12.8. The van der Waals surface area contributed by atoms with Crippen molar-refractivity contribution in [1.82, 2.24) is 10.2 Å². The molecule has 0 heterocycles. The van der Waals surface area contributed by atoms with Gasteiger partial charge in [-0.05, 0) is 42.0 Å². The van der Waals surface area contributed by atoms with Crippen LogP contribution >= 0.6 is 0 Å². The van der Waals surface area contributed by atoms with Gasteiger partial charge in [-0.2, -0.15) is 0 Å². The number of carbonyl (C=O) groups excluding carboxylic acids is 2. The van der Waals surface area contributed by atoms with E-state index in [-0.39, 0.29) is 31.9 Å². The van der Waals surface area contributed by atoms with E-state index in [9.17, 15) is 19.5 Å². The minimum Gasteiger partial charge on any atom is -0.481 e. The third-order valence-corrected chi connectivity index (χ3v) is 5.84. The van der Waals surface area contributed by atoms with Crippen LogP contribution in [0, 0.1) is 0 Å². The topological polar surface area (TPSA) is 116 Å². The van der Waals surface area contributed by atoms with Crippen LogP contribution in [-0.4, -0.2) is 65.4 Å². The van der Waals surface area contributed by atoms with Gasteiger partial charge in [-0.15, -0.1) is 0 Å². The number of carboxylic acid groups (broad SMARTS) is 1. The summed E-state index contributed by atoms with van der Waals surface area (Å²) >= 11 is 0. The highest BCUT2D eigenvalue weighted by Gasteiger charge is 2.30. The highest BCUT2D eigenvalue weighted by atomic mass is 16.5. The summed E-state index contributed by atoms with van der Waals surface area (Å²) in [5.74, 6) is -1.61. The number of ether oxygens (including phenoxy) is 1. The molecule has 0 aromatic heterocycles. The SMILES string of the molecule is CC(O)CCN(C)C(=O)C(CCC(=O)O)NC(=O)OCC1c2ccccc2-c2ccccc21. The number of benzene rings is 2. The first-order chi connectivity index (χ1) is 15.8. The van der Waals surface area contributed by atoms with Crippen LogP contribution in [0.5, 0.6) is 0 Å². The molecule has 0 fully saturated rings. The van der Waals surface area contributed by atoms with Gasteiger partial charge >= 0.3 is 12.1 Å². The maximum Gasteiger partial charge on any atom is 0.407 e. The van der Waals surface area contributed by atoms with E-state index in [1.807, 2.05) is 48.5 Å². The lowest BCUT2D eigenvalue weighted by atomic mass is 9.98. The van der Waals surface area contributed by atoms with Crippen molar-refractivity contribution in [3.8, 4) is 11.1 Å². The molecule has 8 nitrogen and oxygen atoms in total. The van der Waals surface area contributed by atoms with Gasteiger partial charge in [-0.1, -0.05) is 48.5 Å². The second kappa shape index (κ2) is 11.0. The number of aliphatic carboxylic acids is 1. The third-order valence-electron chi connectivity index (χ3n) is 5.84. The number of nitrogens with one attached hydrogen (secondary N) is 1. The lowest BCUT2D eigenvalue weighted by molar-refractivity contribution is -0.137. The highest BCUT2D eigenvalue weighted by molar-refractivity contribution is 5.86. The van der Waals surface area contributed by atoms with Crippen molar-refractivity contribution >= 4 is 18.0 Å². The largest absolute Gasteiger partial charge is 0.481 e. The smallest absolute Gasteiger partial charge is 0.407 e. The van der Waals surface area contributed by atoms with Crippen molar-refractivity contribution in [1.29, 1.82) is 0 Å². The average Bonchev–Trinajstić information content (AvgIpc) is 3.12. The van der Waals surface area contributed by atoms with Crippen molar-refractivity contribution < 1.29 is 29.3 Å². The van der Waals surface area contributed by atoms with E-state index in [4.69, 9.17) is 9.84 Å². The Morgan fingerprint density at radius 3 is 2.15 bits per heavy atom. The zero-order valence-corrected chi connectivity index (χ0v) is 18.9. The number of fused-ring (bicyclic) bond motifs is 3. The highest BCUT2D eigenvalue weighted by Crippen LogP contribution is 2.44. The van der Waals surface area contributed by atoms with Gasteiger partial charge in [0.2, 0.25) is 5.91 Å². The molecule has 1 aliphatic rings. The molecule has 0 radical (unpaired) electrons. The fourth-order valence-electron chi connectivity index (χ4n) is 4.06. The Morgan fingerprint density at radius 2 is 1.61 bits per heavy atom. The lowest BCUT2D eigenvalue weighted by Gasteiger charge is -2.25. The first-order valence-corrected chi connectivity index (χ1v) is 11.0. The second-order valence-corrected chi connectivity index (χ2v) is 8.35. The molecule has 0 saturated heterocycles. The summed E-state index contributed by atoms with van der Waals surface area (Å²) in [6, 6.07) is 14.9.